The molecule has 3 rings (SSSR count). The van der Waals surface area contributed by atoms with Crippen molar-refractivity contribution >= 4 is 10.9 Å². The molecule has 22 heavy (non-hydrogen) atoms. The molecule has 4 heteroatoms. The zero-order chi connectivity index (χ0) is 16.0. The van der Waals surface area contributed by atoms with Gasteiger partial charge >= 0.3 is 0 Å². The summed E-state index contributed by atoms with van der Waals surface area (Å²) < 4.78 is 6.17. The Hall–Kier alpha value is -1.36. The molecule has 1 aliphatic heterocycles. The van der Waals surface area contributed by atoms with Gasteiger partial charge in [0.1, 0.15) is 0 Å². The number of hydroxylamine groups is 2. The van der Waals surface area contributed by atoms with Crippen LogP contribution in [-0.2, 0) is 11.3 Å². The zero-order valence-corrected chi connectivity index (χ0v) is 13.8. The number of fused-ring (bicyclic) bond motifs is 1. The average molecular weight is 301 g/mol. The minimum atomic E-state index is -0.382. The molecule has 2 heterocycles. The standard InChI is InChI=1S/C18H25N2O2/c1-17(2)9-14(10-18(3,4)20(17)21)22-12-13-11-19-16-8-6-5-7-15(13)16/h5-8,11,14,19H,9-10,12H2,1-4H3/q-1. The predicted octanol–water partition coefficient (Wildman–Crippen LogP) is 4.20. The lowest BCUT2D eigenvalue weighted by atomic mass is 9.80. The number of piperidine rings is 1. The van der Waals surface area contributed by atoms with E-state index in [1.165, 1.54) is 16.0 Å². The second-order valence-electron chi connectivity index (χ2n) is 7.62. The van der Waals surface area contributed by atoms with Gasteiger partial charge in [0.05, 0.1) is 12.7 Å². The number of benzene rings is 1. The van der Waals surface area contributed by atoms with Gasteiger partial charge in [0, 0.05) is 33.7 Å². The predicted molar refractivity (Wildman–Crippen MR) is 89.5 cm³/mol. The van der Waals surface area contributed by atoms with Crippen molar-refractivity contribution in [1.29, 1.82) is 0 Å². The van der Waals surface area contributed by atoms with E-state index in [4.69, 9.17) is 4.74 Å². The first-order valence-corrected chi connectivity index (χ1v) is 7.94. The summed E-state index contributed by atoms with van der Waals surface area (Å²) >= 11 is 0. The van der Waals surface area contributed by atoms with Crippen LogP contribution in [0.2, 0.25) is 0 Å². The summed E-state index contributed by atoms with van der Waals surface area (Å²) in [5.41, 5.74) is 1.55. The highest BCUT2D eigenvalue weighted by Gasteiger charge is 2.40. The maximum atomic E-state index is 12.4. The number of rotatable bonds is 3. The fourth-order valence-electron chi connectivity index (χ4n) is 3.75. The van der Waals surface area contributed by atoms with Crippen molar-refractivity contribution in [2.75, 3.05) is 0 Å². The molecule has 1 saturated heterocycles. The number of nitrogens with one attached hydrogen (secondary N) is 1. The molecule has 0 bridgehead atoms. The maximum Gasteiger partial charge on any atom is 0.0741 e. The molecule has 0 unspecified atom stereocenters. The van der Waals surface area contributed by atoms with Gasteiger partial charge in [0.2, 0.25) is 0 Å². The molecule has 1 aromatic heterocycles. The molecule has 1 fully saturated rings. The third-order valence-electron chi connectivity index (χ3n) is 4.70. The van der Waals surface area contributed by atoms with Crippen molar-refractivity contribution in [2.45, 2.75) is 64.3 Å². The molecule has 0 aliphatic carbocycles. The van der Waals surface area contributed by atoms with Crippen molar-refractivity contribution in [3.8, 4) is 0 Å². The molecule has 0 atom stereocenters. The van der Waals surface area contributed by atoms with Crippen molar-refractivity contribution < 1.29 is 4.74 Å². The van der Waals surface area contributed by atoms with Crippen LogP contribution in [0.5, 0.6) is 0 Å². The number of hydrogen-bond acceptors (Lipinski definition) is 3. The molecule has 1 aliphatic rings. The Balaban J connectivity index is 1.71. The first-order chi connectivity index (χ1) is 10.3. The number of para-hydroxylation sites is 1. The molecular weight excluding hydrogens is 276 g/mol. The Bertz CT molecular complexity index is 642. The highest BCUT2D eigenvalue weighted by atomic mass is 16.5. The highest BCUT2D eigenvalue weighted by molar-refractivity contribution is 5.82. The van der Waals surface area contributed by atoms with E-state index in [1.807, 2.05) is 46.0 Å². The van der Waals surface area contributed by atoms with E-state index in [2.05, 4.69) is 17.1 Å². The van der Waals surface area contributed by atoms with Crippen LogP contribution in [0.25, 0.3) is 10.9 Å². The van der Waals surface area contributed by atoms with Gasteiger partial charge in [-0.1, -0.05) is 18.2 Å². The van der Waals surface area contributed by atoms with Gasteiger partial charge in [0.15, 0.2) is 0 Å². The Labute approximate surface area is 132 Å². The SMILES string of the molecule is CC1(C)CC(OCc2c[nH]c3ccccc23)CC(C)(C)N1[O-]. The average Bonchev–Trinajstić information content (AvgIpc) is 2.85. The molecule has 0 radical (unpaired) electrons. The smallest absolute Gasteiger partial charge is 0.0741 e. The molecule has 2 aromatic rings. The first-order valence-electron chi connectivity index (χ1n) is 7.94. The van der Waals surface area contributed by atoms with Crippen molar-refractivity contribution in [3.63, 3.8) is 0 Å². The quantitative estimate of drug-likeness (QED) is 0.924. The molecule has 1 aromatic carbocycles. The number of H-pyrrole nitrogens is 1. The summed E-state index contributed by atoms with van der Waals surface area (Å²) in [6, 6.07) is 8.25. The summed E-state index contributed by atoms with van der Waals surface area (Å²) in [7, 11) is 0. The van der Waals surface area contributed by atoms with E-state index in [-0.39, 0.29) is 17.2 Å². The Morgan fingerprint density at radius 2 is 1.82 bits per heavy atom. The topological polar surface area (TPSA) is 51.3 Å². The summed E-state index contributed by atoms with van der Waals surface area (Å²) in [6.07, 6.45) is 3.66. The third-order valence-corrected chi connectivity index (χ3v) is 4.70. The van der Waals surface area contributed by atoms with Crippen LogP contribution < -0.4 is 0 Å². The lowest BCUT2D eigenvalue weighted by Crippen LogP contribution is -2.59. The van der Waals surface area contributed by atoms with E-state index in [0.717, 1.165) is 18.4 Å². The minimum Gasteiger partial charge on any atom is -0.784 e. The first kappa shape index (κ1) is 15.5. The number of aromatic nitrogens is 1. The normalized spacial score (nSPS) is 22.2. The van der Waals surface area contributed by atoms with E-state index >= 15 is 0 Å². The largest absolute Gasteiger partial charge is 0.784 e. The lowest BCUT2D eigenvalue weighted by Gasteiger charge is -2.59. The third kappa shape index (κ3) is 2.78. The summed E-state index contributed by atoms with van der Waals surface area (Å²) in [5, 5.41) is 14.8. The number of nitrogens with zero attached hydrogens (tertiary/aromatic N) is 1. The van der Waals surface area contributed by atoms with Crippen LogP contribution in [0.15, 0.2) is 30.5 Å². The van der Waals surface area contributed by atoms with Crippen LogP contribution in [0.3, 0.4) is 0 Å². The van der Waals surface area contributed by atoms with E-state index in [0.29, 0.717) is 6.61 Å². The van der Waals surface area contributed by atoms with Crippen molar-refractivity contribution in [3.05, 3.63) is 41.2 Å². The minimum absolute atomic E-state index is 0.115. The number of aromatic amines is 1. The van der Waals surface area contributed by atoms with E-state index < -0.39 is 0 Å². The van der Waals surface area contributed by atoms with Gasteiger partial charge in [-0.3, -0.25) is 0 Å². The Kier molecular flexibility index (Phi) is 3.79. The van der Waals surface area contributed by atoms with E-state index in [1.54, 1.807) is 0 Å². The second kappa shape index (κ2) is 5.37. The number of ether oxygens (including phenoxy) is 1. The summed E-state index contributed by atoms with van der Waals surface area (Å²) in [6.45, 7) is 8.59. The summed E-state index contributed by atoms with van der Waals surface area (Å²) in [4.78, 5) is 3.28. The molecule has 0 amide bonds. The molecular formula is C18H25N2O2-. The fourth-order valence-corrected chi connectivity index (χ4v) is 3.75. The summed E-state index contributed by atoms with van der Waals surface area (Å²) in [5.74, 6) is 0. The molecule has 4 nitrogen and oxygen atoms in total. The Morgan fingerprint density at radius 3 is 2.50 bits per heavy atom. The second-order valence-corrected chi connectivity index (χ2v) is 7.62. The van der Waals surface area contributed by atoms with Crippen LogP contribution in [0.1, 0.15) is 46.1 Å². The monoisotopic (exact) mass is 301 g/mol. The van der Waals surface area contributed by atoms with Gasteiger partial charge in [0.25, 0.3) is 0 Å². The van der Waals surface area contributed by atoms with Crippen LogP contribution in [-0.4, -0.2) is 27.2 Å². The van der Waals surface area contributed by atoms with Crippen LogP contribution in [0, 0.1) is 5.21 Å². The van der Waals surface area contributed by atoms with Gasteiger partial charge in [-0.2, -0.15) is 0 Å². The van der Waals surface area contributed by atoms with Gasteiger partial charge in [-0.05, 0) is 46.6 Å². The van der Waals surface area contributed by atoms with Gasteiger partial charge in [-0.15, -0.1) is 0 Å². The Morgan fingerprint density at radius 1 is 1.18 bits per heavy atom. The molecule has 0 spiro atoms. The van der Waals surface area contributed by atoms with Gasteiger partial charge in [-0.25, -0.2) is 0 Å². The van der Waals surface area contributed by atoms with Gasteiger partial charge < -0.3 is 20.0 Å². The lowest BCUT2D eigenvalue weighted by molar-refractivity contribution is -0.0860. The molecule has 1 N–H and O–H groups in total. The molecule has 0 saturated carbocycles. The fraction of sp³-hybridized carbons (Fsp3) is 0.556. The van der Waals surface area contributed by atoms with Crippen molar-refractivity contribution in [1.82, 2.24) is 10.0 Å². The highest BCUT2D eigenvalue weighted by Crippen LogP contribution is 2.39. The molecule has 120 valence electrons. The van der Waals surface area contributed by atoms with Crippen molar-refractivity contribution in [2.24, 2.45) is 0 Å². The van der Waals surface area contributed by atoms with Crippen LogP contribution >= 0.6 is 0 Å². The number of hydrogen-bond donors (Lipinski definition) is 1. The van der Waals surface area contributed by atoms with Crippen LogP contribution in [0.4, 0.5) is 0 Å². The van der Waals surface area contributed by atoms with E-state index in [9.17, 15) is 5.21 Å². The zero-order valence-electron chi connectivity index (χ0n) is 13.8. The maximum absolute atomic E-state index is 12.4.